The fourth-order valence-electron chi connectivity index (χ4n) is 3.09. The number of nitrogens with one attached hydrogen (secondary N) is 2. The van der Waals surface area contributed by atoms with E-state index in [-0.39, 0.29) is 24.0 Å². The Hall–Kier alpha value is -0.0800. The van der Waals surface area contributed by atoms with Crippen LogP contribution < -0.4 is 10.6 Å². The van der Waals surface area contributed by atoms with Gasteiger partial charge in [-0.25, -0.2) is 0 Å². The fraction of sp³-hybridized carbons (Fsp3) is 0.947. The van der Waals surface area contributed by atoms with Crippen LogP contribution in [0.2, 0.25) is 0 Å². The predicted molar refractivity (Wildman–Crippen MR) is 119 cm³/mol. The van der Waals surface area contributed by atoms with Crippen LogP contribution in [0.4, 0.5) is 0 Å². The maximum Gasteiger partial charge on any atom is 0.190 e. The average molecular weight is 468 g/mol. The number of rotatable bonds is 12. The number of aliphatic imine (C=N–C) groups is 1. The quantitative estimate of drug-likeness (QED) is 0.199. The lowest BCUT2D eigenvalue weighted by Gasteiger charge is -2.33. The monoisotopic (exact) mass is 468 g/mol. The van der Waals surface area contributed by atoms with Gasteiger partial charge in [-0.2, -0.15) is 0 Å². The third kappa shape index (κ3) is 12.8. The molecule has 1 aliphatic heterocycles. The van der Waals surface area contributed by atoms with Crippen LogP contribution in [0.5, 0.6) is 0 Å². The summed E-state index contributed by atoms with van der Waals surface area (Å²) >= 11 is 0. The van der Waals surface area contributed by atoms with Crippen molar-refractivity contribution in [2.75, 3.05) is 46.4 Å². The van der Waals surface area contributed by atoms with Crippen LogP contribution in [0.25, 0.3) is 0 Å². The maximum atomic E-state index is 5.56. The van der Waals surface area contributed by atoms with E-state index >= 15 is 0 Å². The Balaban J connectivity index is 0.00000576. The van der Waals surface area contributed by atoms with Crippen LogP contribution in [0.3, 0.4) is 0 Å². The van der Waals surface area contributed by atoms with Crippen molar-refractivity contribution in [3.8, 4) is 0 Å². The number of hydrogen-bond acceptors (Lipinski definition) is 3. The molecule has 0 radical (unpaired) electrons. The summed E-state index contributed by atoms with van der Waals surface area (Å²) in [6, 6.07) is 0.778. The third-order valence-electron chi connectivity index (χ3n) is 4.73. The van der Waals surface area contributed by atoms with Gasteiger partial charge in [-0.15, -0.1) is 24.0 Å². The zero-order valence-electron chi connectivity index (χ0n) is 16.7. The zero-order chi connectivity index (χ0) is 17.5. The van der Waals surface area contributed by atoms with Gasteiger partial charge in [0.15, 0.2) is 5.96 Å². The molecule has 0 saturated carbocycles. The summed E-state index contributed by atoms with van der Waals surface area (Å²) in [5.41, 5.74) is 0. The lowest BCUT2D eigenvalue weighted by molar-refractivity contribution is 0.129. The van der Waals surface area contributed by atoms with Crippen molar-refractivity contribution in [1.29, 1.82) is 0 Å². The van der Waals surface area contributed by atoms with Crippen LogP contribution in [0.1, 0.15) is 65.2 Å². The second-order valence-corrected chi connectivity index (χ2v) is 6.83. The number of guanidine groups is 1. The van der Waals surface area contributed by atoms with Crippen molar-refractivity contribution in [3.63, 3.8) is 0 Å². The van der Waals surface area contributed by atoms with E-state index in [9.17, 15) is 0 Å². The van der Waals surface area contributed by atoms with Crippen LogP contribution >= 0.6 is 24.0 Å². The molecular weight excluding hydrogens is 427 g/mol. The second-order valence-electron chi connectivity index (χ2n) is 6.83. The minimum Gasteiger partial charge on any atom is -0.381 e. The van der Waals surface area contributed by atoms with Gasteiger partial charge >= 0.3 is 0 Å². The number of likely N-dealkylation sites (tertiary alicyclic amines) is 1. The molecule has 1 aliphatic rings. The first-order valence-corrected chi connectivity index (χ1v) is 10.0. The number of nitrogens with zero attached hydrogens (tertiary/aromatic N) is 2. The molecule has 0 spiro atoms. The van der Waals surface area contributed by atoms with Gasteiger partial charge in [0, 0.05) is 39.4 Å². The molecule has 6 heteroatoms. The van der Waals surface area contributed by atoms with E-state index in [1.54, 1.807) is 0 Å². The summed E-state index contributed by atoms with van der Waals surface area (Å²) in [5.74, 6) is 0.912. The topological polar surface area (TPSA) is 48.9 Å². The van der Waals surface area contributed by atoms with Crippen LogP contribution in [-0.4, -0.2) is 63.3 Å². The maximum absolute atomic E-state index is 5.56. The molecule has 0 aromatic carbocycles. The number of hydrogen-bond donors (Lipinski definition) is 2. The van der Waals surface area contributed by atoms with Gasteiger partial charge in [-0.3, -0.25) is 4.99 Å². The molecule has 0 amide bonds. The molecular formula is C19H41IN4O. The highest BCUT2D eigenvalue weighted by atomic mass is 127. The Morgan fingerprint density at radius 3 is 2.48 bits per heavy atom. The van der Waals surface area contributed by atoms with E-state index < -0.39 is 0 Å². The van der Waals surface area contributed by atoms with Crippen molar-refractivity contribution in [1.82, 2.24) is 15.5 Å². The van der Waals surface area contributed by atoms with E-state index in [1.165, 1.54) is 51.6 Å². The summed E-state index contributed by atoms with van der Waals surface area (Å²) in [6.45, 7) is 10.7. The lowest BCUT2D eigenvalue weighted by Crippen LogP contribution is -2.39. The Kier molecular flexibility index (Phi) is 17.3. The number of halogens is 1. The van der Waals surface area contributed by atoms with Gasteiger partial charge in [-0.05, 0) is 58.5 Å². The van der Waals surface area contributed by atoms with Crippen molar-refractivity contribution in [2.45, 2.75) is 71.3 Å². The van der Waals surface area contributed by atoms with Crippen molar-refractivity contribution in [2.24, 2.45) is 4.99 Å². The van der Waals surface area contributed by atoms with Crippen molar-refractivity contribution in [3.05, 3.63) is 0 Å². The molecule has 0 bridgehead atoms. The SMILES string of the molecule is CCCCOCCCNC(=NC)NCCCCN1CCCCC1C.I. The Labute approximate surface area is 172 Å². The summed E-state index contributed by atoms with van der Waals surface area (Å²) in [6.07, 6.45) is 10.0. The lowest BCUT2D eigenvalue weighted by atomic mass is 10.0. The highest BCUT2D eigenvalue weighted by Crippen LogP contribution is 2.16. The van der Waals surface area contributed by atoms with Crippen LogP contribution in [0, 0.1) is 0 Å². The Morgan fingerprint density at radius 2 is 1.80 bits per heavy atom. The summed E-state index contributed by atoms with van der Waals surface area (Å²) in [5, 5.41) is 6.77. The molecule has 25 heavy (non-hydrogen) atoms. The molecule has 1 rings (SSSR count). The molecule has 2 N–H and O–H groups in total. The summed E-state index contributed by atoms with van der Waals surface area (Å²) in [7, 11) is 1.84. The minimum atomic E-state index is 0. The van der Waals surface area contributed by atoms with E-state index in [0.29, 0.717) is 0 Å². The van der Waals surface area contributed by atoms with E-state index in [2.05, 4.69) is 34.4 Å². The van der Waals surface area contributed by atoms with Gasteiger partial charge in [0.25, 0.3) is 0 Å². The summed E-state index contributed by atoms with van der Waals surface area (Å²) < 4.78 is 5.56. The summed E-state index contributed by atoms with van der Waals surface area (Å²) in [4.78, 5) is 6.93. The third-order valence-corrected chi connectivity index (χ3v) is 4.73. The van der Waals surface area contributed by atoms with Gasteiger partial charge in [0.05, 0.1) is 0 Å². The molecule has 0 aromatic rings. The zero-order valence-corrected chi connectivity index (χ0v) is 19.0. The van der Waals surface area contributed by atoms with E-state index in [0.717, 1.165) is 51.1 Å². The molecule has 0 aliphatic carbocycles. The number of piperidine rings is 1. The fourth-order valence-corrected chi connectivity index (χ4v) is 3.09. The first kappa shape index (κ1) is 24.9. The smallest absolute Gasteiger partial charge is 0.190 e. The number of unbranched alkanes of at least 4 members (excludes halogenated alkanes) is 2. The standard InChI is InChI=1S/C19H40N4O.HI/c1-4-5-16-24-17-10-13-22-19(20-3)21-12-7-9-15-23-14-8-6-11-18(23)2;/h18H,4-17H2,1-3H3,(H2,20,21,22);1H. The highest BCUT2D eigenvalue weighted by Gasteiger charge is 2.16. The first-order chi connectivity index (χ1) is 11.8. The van der Waals surface area contributed by atoms with Crippen LogP contribution in [-0.2, 0) is 4.74 Å². The molecule has 150 valence electrons. The minimum absolute atomic E-state index is 0. The van der Waals surface area contributed by atoms with Gasteiger partial charge in [0.1, 0.15) is 0 Å². The van der Waals surface area contributed by atoms with E-state index in [1.807, 2.05) is 7.05 Å². The normalized spacial score (nSPS) is 18.7. The van der Waals surface area contributed by atoms with Crippen molar-refractivity contribution < 1.29 is 4.74 Å². The second kappa shape index (κ2) is 17.3. The van der Waals surface area contributed by atoms with Gasteiger partial charge < -0.3 is 20.3 Å². The molecule has 1 saturated heterocycles. The molecule has 1 fully saturated rings. The average Bonchev–Trinajstić information content (AvgIpc) is 2.60. The molecule has 0 aromatic heterocycles. The van der Waals surface area contributed by atoms with Gasteiger partial charge in [-0.1, -0.05) is 19.8 Å². The molecule has 1 heterocycles. The largest absolute Gasteiger partial charge is 0.381 e. The van der Waals surface area contributed by atoms with Crippen LogP contribution in [0.15, 0.2) is 4.99 Å². The predicted octanol–water partition coefficient (Wildman–Crippen LogP) is 3.63. The first-order valence-electron chi connectivity index (χ1n) is 10.0. The molecule has 5 nitrogen and oxygen atoms in total. The number of ether oxygens (including phenoxy) is 1. The van der Waals surface area contributed by atoms with Crippen molar-refractivity contribution >= 4 is 29.9 Å². The van der Waals surface area contributed by atoms with Gasteiger partial charge in [0.2, 0.25) is 0 Å². The Morgan fingerprint density at radius 1 is 1.08 bits per heavy atom. The molecule has 1 unspecified atom stereocenters. The Bertz CT molecular complexity index is 329. The molecule has 1 atom stereocenters. The highest BCUT2D eigenvalue weighted by molar-refractivity contribution is 14.0. The van der Waals surface area contributed by atoms with E-state index in [4.69, 9.17) is 4.74 Å².